The lowest BCUT2D eigenvalue weighted by Crippen LogP contribution is -2.47. The molecule has 29 heavy (non-hydrogen) atoms. The summed E-state index contributed by atoms with van der Waals surface area (Å²) < 4.78 is 16.1. The van der Waals surface area contributed by atoms with Crippen molar-refractivity contribution in [3.8, 4) is 0 Å². The first-order valence-electron chi connectivity index (χ1n) is 10.7. The van der Waals surface area contributed by atoms with Crippen molar-refractivity contribution in [2.24, 2.45) is 4.99 Å². The zero-order valence-electron chi connectivity index (χ0n) is 18.3. The van der Waals surface area contributed by atoms with E-state index in [9.17, 15) is 0 Å². The zero-order chi connectivity index (χ0) is 20.7. The molecule has 0 atom stereocenters. The molecule has 0 spiro atoms. The van der Waals surface area contributed by atoms with E-state index in [2.05, 4.69) is 46.7 Å². The van der Waals surface area contributed by atoms with Crippen molar-refractivity contribution in [3.05, 3.63) is 29.8 Å². The third-order valence-electron chi connectivity index (χ3n) is 4.92. The second kappa shape index (κ2) is 14.2. The second-order valence-electron chi connectivity index (χ2n) is 7.19. The predicted molar refractivity (Wildman–Crippen MR) is 119 cm³/mol. The van der Waals surface area contributed by atoms with Crippen molar-refractivity contribution in [2.45, 2.75) is 38.8 Å². The molecule has 2 rings (SSSR count). The van der Waals surface area contributed by atoms with Gasteiger partial charge in [0.1, 0.15) is 0 Å². The number of anilines is 1. The Morgan fingerprint density at radius 3 is 2.45 bits per heavy atom. The molecule has 7 heteroatoms. The first kappa shape index (κ1) is 23.4. The number of rotatable bonds is 12. The van der Waals surface area contributed by atoms with E-state index in [1.807, 2.05) is 0 Å². The molecule has 2 N–H and O–H groups in total. The van der Waals surface area contributed by atoms with Gasteiger partial charge in [-0.2, -0.15) is 0 Å². The van der Waals surface area contributed by atoms with Crippen LogP contribution in [0.4, 0.5) is 5.69 Å². The predicted octanol–water partition coefficient (Wildman–Crippen LogP) is 2.73. The van der Waals surface area contributed by atoms with E-state index in [1.54, 1.807) is 14.2 Å². The molecule has 0 radical (unpaired) electrons. The third-order valence-corrected chi connectivity index (χ3v) is 4.92. The van der Waals surface area contributed by atoms with E-state index < -0.39 is 0 Å². The molecule has 7 nitrogen and oxygen atoms in total. The van der Waals surface area contributed by atoms with Gasteiger partial charge in [-0.1, -0.05) is 12.1 Å². The number of methoxy groups -OCH3 is 2. The van der Waals surface area contributed by atoms with Crippen LogP contribution in [0.5, 0.6) is 0 Å². The van der Waals surface area contributed by atoms with Gasteiger partial charge in [0.15, 0.2) is 5.96 Å². The lowest BCUT2D eigenvalue weighted by molar-refractivity contribution is 0.00990. The number of nitrogens with zero attached hydrogens (tertiary/aromatic N) is 2. The van der Waals surface area contributed by atoms with E-state index in [1.165, 1.54) is 5.56 Å². The molecule has 0 amide bonds. The number of piperidine rings is 1. The van der Waals surface area contributed by atoms with E-state index in [0.717, 1.165) is 70.3 Å². The molecule has 1 saturated heterocycles. The summed E-state index contributed by atoms with van der Waals surface area (Å²) in [5, 5.41) is 6.77. The van der Waals surface area contributed by atoms with Gasteiger partial charge in [-0.3, -0.25) is 0 Å². The van der Waals surface area contributed by atoms with Gasteiger partial charge in [0.05, 0.1) is 19.3 Å². The maximum absolute atomic E-state index is 5.97. The highest BCUT2D eigenvalue weighted by Crippen LogP contribution is 2.15. The standard InChI is InChI=1S/C22H38N4O3/c1-4-23-22(26-13-10-21(11-14-26)29-16-5-15-27-2)25-18-19-6-8-20(9-7-19)24-12-17-28-3/h6-9,21,24H,4-5,10-18H2,1-3H3,(H,23,25). The Bertz CT molecular complexity index is 572. The number of ether oxygens (including phenoxy) is 3. The molecule has 1 aromatic carbocycles. The number of guanidine groups is 1. The average molecular weight is 407 g/mol. The molecule has 0 bridgehead atoms. The van der Waals surface area contributed by atoms with Crippen molar-refractivity contribution in [2.75, 3.05) is 65.5 Å². The number of hydrogen-bond donors (Lipinski definition) is 2. The van der Waals surface area contributed by atoms with Crippen LogP contribution in [-0.4, -0.2) is 77.2 Å². The lowest BCUT2D eigenvalue weighted by atomic mass is 10.1. The van der Waals surface area contributed by atoms with Gasteiger partial charge in [-0.25, -0.2) is 4.99 Å². The molecule has 1 aliphatic rings. The van der Waals surface area contributed by atoms with E-state index in [0.29, 0.717) is 19.3 Å². The zero-order valence-corrected chi connectivity index (χ0v) is 18.3. The van der Waals surface area contributed by atoms with Crippen LogP contribution in [-0.2, 0) is 20.8 Å². The molecule has 0 unspecified atom stereocenters. The van der Waals surface area contributed by atoms with Gasteiger partial charge in [0, 0.05) is 59.3 Å². The minimum atomic E-state index is 0.351. The van der Waals surface area contributed by atoms with E-state index in [4.69, 9.17) is 19.2 Å². The van der Waals surface area contributed by atoms with Gasteiger partial charge < -0.3 is 29.7 Å². The molecule has 1 heterocycles. The number of benzene rings is 1. The molecule has 0 aromatic heterocycles. The Balaban J connectivity index is 1.80. The quantitative estimate of drug-likeness (QED) is 0.316. The van der Waals surface area contributed by atoms with Gasteiger partial charge in [0.25, 0.3) is 0 Å². The lowest BCUT2D eigenvalue weighted by Gasteiger charge is -2.34. The first-order valence-corrected chi connectivity index (χ1v) is 10.7. The molecule has 164 valence electrons. The van der Waals surface area contributed by atoms with Crippen molar-refractivity contribution in [1.82, 2.24) is 10.2 Å². The SMILES string of the molecule is CCNC(=NCc1ccc(NCCOC)cc1)N1CCC(OCCCOC)CC1. The van der Waals surface area contributed by atoms with Crippen LogP contribution >= 0.6 is 0 Å². The maximum atomic E-state index is 5.97. The molecular weight excluding hydrogens is 368 g/mol. The fourth-order valence-corrected chi connectivity index (χ4v) is 3.30. The minimum Gasteiger partial charge on any atom is -0.385 e. The molecular formula is C22H38N4O3. The van der Waals surface area contributed by atoms with Gasteiger partial charge in [0.2, 0.25) is 0 Å². The molecule has 1 fully saturated rings. The van der Waals surface area contributed by atoms with E-state index in [-0.39, 0.29) is 0 Å². The van der Waals surface area contributed by atoms with Crippen molar-refractivity contribution < 1.29 is 14.2 Å². The maximum Gasteiger partial charge on any atom is 0.194 e. The molecule has 1 aliphatic heterocycles. The highest BCUT2D eigenvalue weighted by molar-refractivity contribution is 5.80. The van der Waals surface area contributed by atoms with Gasteiger partial charge in [-0.05, 0) is 43.9 Å². The minimum absolute atomic E-state index is 0.351. The van der Waals surface area contributed by atoms with E-state index >= 15 is 0 Å². The summed E-state index contributed by atoms with van der Waals surface area (Å²) in [6.45, 7) is 8.66. The second-order valence-corrected chi connectivity index (χ2v) is 7.19. The first-order chi connectivity index (χ1) is 14.3. The van der Waals surface area contributed by atoms with Crippen LogP contribution in [0.2, 0.25) is 0 Å². The summed E-state index contributed by atoms with van der Waals surface area (Å²) in [6, 6.07) is 8.45. The highest BCUT2D eigenvalue weighted by Gasteiger charge is 2.21. The van der Waals surface area contributed by atoms with Crippen molar-refractivity contribution in [3.63, 3.8) is 0 Å². The summed E-state index contributed by atoms with van der Waals surface area (Å²) >= 11 is 0. The van der Waals surface area contributed by atoms with Crippen molar-refractivity contribution in [1.29, 1.82) is 0 Å². The highest BCUT2D eigenvalue weighted by atomic mass is 16.5. The fourth-order valence-electron chi connectivity index (χ4n) is 3.30. The average Bonchev–Trinajstić information content (AvgIpc) is 2.76. The smallest absolute Gasteiger partial charge is 0.194 e. The van der Waals surface area contributed by atoms with Crippen LogP contribution in [0.15, 0.2) is 29.3 Å². The van der Waals surface area contributed by atoms with Gasteiger partial charge in [-0.15, -0.1) is 0 Å². The van der Waals surface area contributed by atoms with Crippen LogP contribution in [0.1, 0.15) is 31.7 Å². The Morgan fingerprint density at radius 1 is 1.07 bits per heavy atom. The largest absolute Gasteiger partial charge is 0.385 e. The summed E-state index contributed by atoms with van der Waals surface area (Å²) in [5.41, 5.74) is 2.31. The number of likely N-dealkylation sites (tertiary alicyclic amines) is 1. The van der Waals surface area contributed by atoms with Crippen LogP contribution in [0, 0.1) is 0 Å². The number of hydrogen-bond acceptors (Lipinski definition) is 5. The summed E-state index contributed by atoms with van der Waals surface area (Å²) in [5.74, 6) is 0.993. The van der Waals surface area contributed by atoms with Gasteiger partial charge >= 0.3 is 0 Å². The normalized spacial score (nSPS) is 15.6. The Hall–Kier alpha value is -1.83. The molecule has 0 saturated carbocycles. The topological polar surface area (TPSA) is 67.4 Å². The number of nitrogens with one attached hydrogen (secondary N) is 2. The third kappa shape index (κ3) is 9.02. The Morgan fingerprint density at radius 2 is 1.79 bits per heavy atom. The van der Waals surface area contributed by atoms with Crippen LogP contribution < -0.4 is 10.6 Å². The fraction of sp³-hybridized carbons (Fsp3) is 0.682. The van der Waals surface area contributed by atoms with Crippen LogP contribution in [0.3, 0.4) is 0 Å². The monoisotopic (exact) mass is 406 g/mol. The summed E-state index contributed by atoms with van der Waals surface area (Å²) in [7, 11) is 3.44. The Labute approximate surface area is 175 Å². The number of aliphatic imine (C=N–C) groups is 1. The van der Waals surface area contributed by atoms with Crippen molar-refractivity contribution >= 4 is 11.6 Å². The van der Waals surface area contributed by atoms with Crippen LogP contribution in [0.25, 0.3) is 0 Å². The Kier molecular flexibility index (Phi) is 11.5. The summed E-state index contributed by atoms with van der Waals surface area (Å²) in [6.07, 6.45) is 3.39. The molecule has 0 aliphatic carbocycles. The summed E-state index contributed by atoms with van der Waals surface area (Å²) in [4.78, 5) is 7.20. The molecule has 1 aromatic rings.